The molecule has 0 atom stereocenters. The first-order valence-corrected chi connectivity index (χ1v) is 8.26. The zero-order valence-electron chi connectivity index (χ0n) is 14.4. The van der Waals surface area contributed by atoms with Crippen molar-refractivity contribution in [2.24, 2.45) is 0 Å². The predicted molar refractivity (Wildman–Crippen MR) is 100 cm³/mol. The van der Waals surface area contributed by atoms with Crippen LogP contribution in [0, 0.1) is 10.1 Å². The smallest absolute Gasteiger partial charge is 0.273 e. The third-order valence-corrected chi connectivity index (χ3v) is 3.79. The van der Waals surface area contributed by atoms with Gasteiger partial charge >= 0.3 is 0 Å². The zero-order valence-corrected chi connectivity index (χ0v) is 14.4. The van der Waals surface area contributed by atoms with Gasteiger partial charge in [0.2, 0.25) is 5.91 Å². The highest BCUT2D eigenvalue weighted by Crippen LogP contribution is 2.21. The van der Waals surface area contributed by atoms with Crippen LogP contribution < -0.4 is 10.1 Å². The fourth-order valence-electron chi connectivity index (χ4n) is 2.53. The Bertz CT molecular complexity index is 945. The van der Waals surface area contributed by atoms with Gasteiger partial charge in [0, 0.05) is 41.3 Å². The first kappa shape index (κ1) is 18.1. The SMILES string of the molecule is O=C(Cc1ccccc1[N+](=O)[O-])Nc1cccc(OCc2cccnc2)c1. The Kier molecular flexibility index (Phi) is 5.73. The molecule has 3 aromatic rings. The van der Waals surface area contributed by atoms with Gasteiger partial charge in [0.1, 0.15) is 12.4 Å². The quantitative estimate of drug-likeness (QED) is 0.509. The van der Waals surface area contributed by atoms with E-state index in [4.69, 9.17) is 4.74 Å². The molecule has 136 valence electrons. The molecule has 7 heteroatoms. The number of nitro benzene ring substituents is 1. The molecule has 0 radical (unpaired) electrons. The van der Waals surface area contributed by atoms with Crippen LogP contribution in [0.1, 0.15) is 11.1 Å². The number of rotatable bonds is 7. The Labute approximate surface area is 155 Å². The minimum absolute atomic E-state index is 0.0683. The molecule has 0 unspecified atom stereocenters. The first-order chi connectivity index (χ1) is 13.1. The van der Waals surface area contributed by atoms with E-state index in [-0.39, 0.29) is 18.0 Å². The summed E-state index contributed by atoms with van der Waals surface area (Å²) < 4.78 is 5.70. The number of nitrogens with one attached hydrogen (secondary N) is 1. The van der Waals surface area contributed by atoms with Crippen LogP contribution in [0.5, 0.6) is 5.75 Å². The zero-order chi connectivity index (χ0) is 19.1. The number of aromatic nitrogens is 1. The molecule has 0 fully saturated rings. The van der Waals surface area contributed by atoms with E-state index in [1.165, 1.54) is 6.07 Å². The van der Waals surface area contributed by atoms with Crippen molar-refractivity contribution in [1.29, 1.82) is 0 Å². The number of ether oxygens (including phenoxy) is 1. The molecular formula is C20H17N3O4. The second-order valence-corrected chi connectivity index (χ2v) is 5.79. The molecule has 1 aromatic heterocycles. The molecule has 0 aliphatic heterocycles. The number of nitro groups is 1. The summed E-state index contributed by atoms with van der Waals surface area (Å²) in [5.41, 5.74) is 1.79. The largest absolute Gasteiger partial charge is 0.489 e. The predicted octanol–water partition coefficient (Wildman–Crippen LogP) is 3.75. The number of carbonyl (C=O) groups excluding carboxylic acids is 1. The lowest BCUT2D eigenvalue weighted by Crippen LogP contribution is -2.15. The highest BCUT2D eigenvalue weighted by molar-refractivity contribution is 5.93. The average Bonchev–Trinajstić information content (AvgIpc) is 2.67. The van der Waals surface area contributed by atoms with Gasteiger partial charge in [-0.15, -0.1) is 0 Å². The first-order valence-electron chi connectivity index (χ1n) is 8.26. The van der Waals surface area contributed by atoms with Crippen molar-refractivity contribution in [2.75, 3.05) is 5.32 Å². The van der Waals surface area contributed by atoms with E-state index in [0.29, 0.717) is 23.6 Å². The molecule has 2 aromatic carbocycles. The summed E-state index contributed by atoms with van der Waals surface area (Å²) in [6.07, 6.45) is 3.33. The molecule has 0 bridgehead atoms. The van der Waals surface area contributed by atoms with Crippen LogP contribution in [-0.4, -0.2) is 15.8 Å². The maximum atomic E-state index is 12.3. The molecule has 0 saturated heterocycles. The Morgan fingerprint density at radius 1 is 1.11 bits per heavy atom. The molecule has 0 aliphatic rings. The van der Waals surface area contributed by atoms with Gasteiger partial charge in [0.05, 0.1) is 11.3 Å². The number of benzene rings is 2. The Hall–Kier alpha value is -3.74. The third kappa shape index (κ3) is 5.12. The summed E-state index contributed by atoms with van der Waals surface area (Å²) >= 11 is 0. The maximum absolute atomic E-state index is 12.3. The summed E-state index contributed by atoms with van der Waals surface area (Å²) in [6.45, 7) is 0.363. The highest BCUT2D eigenvalue weighted by Gasteiger charge is 2.15. The number of hydrogen-bond acceptors (Lipinski definition) is 5. The van der Waals surface area contributed by atoms with E-state index < -0.39 is 4.92 Å². The number of carbonyl (C=O) groups is 1. The molecule has 1 N–H and O–H groups in total. The second-order valence-electron chi connectivity index (χ2n) is 5.79. The van der Waals surface area contributed by atoms with Gasteiger partial charge in [-0.1, -0.05) is 30.3 Å². The maximum Gasteiger partial charge on any atom is 0.273 e. The van der Waals surface area contributed by atoms with Crippen LogP contribution in [-0.2, 0) is 17.8 Å². The van der Waals surface area contributed by atoms with E-state index in [2.05, 4.69) is 10.3 Å². The Balaban J connectivity index is 1.62. The summed E-state index contributed by atoms with van der Waals surface area (Å²) in [5, 5.41) is 13.8. The van der Waals surface area contributed by atoms with E-state index in [1.54, 1.807) is 54.9 Å². The van der Waals surface area contributed by atoms with Gasteiger partial charge in [-0.25, -0.2) is 0 Å². The van der Waals surface area contributed by atoms with Crippen molar-refractivity contribution in [2.45, 2.75) is 13.0 Å². The minimum Gasteiger partial charge on any atom is -0.489 e. The van der Waals surface area contributed by atoms with E-state index in [0.717, 1.165) is 5.56 Å². The van der Waals surface area contributed by atoms with Gasteiger partial charge in [-0.2, -0.15) is 0 Å². The van der Waals surface area contributed by atoms with Crippen molar-refractivity contribution >= 4 is 17.3 Å². The minimum atomic E-state index is -0.491. The fourth-order valence-corrected chi connectivity index (χ4v) is 2.53. The molecule has 1 amide bonds. The third-order valence-electron chi connectivity index (χ3n) is 3.79. The molecule has 3 rings (SSSR count). The van der Waals surface area contributed by atoms with Crippen molar-refractivity contribution in [3.8, 4) is 5.75 Å². The summed E-state index contributed by atoms with van der Waals surface area (Å²) in [7, 11) is 0. The van der Waals surface area contributed by atoms with Crippen LogP contribution >= 0.6 is 0 Å². The molecule has 0 saturated carbocycles. The van der Waals surface area contributed by atoms with Gasteiger partial charge in [-0.05, 0) is 18.2 Å². The summed E-state index contributed by atoms with van der Waals surface area (Å²) in [4.78, 5) is 26.9. The van der Waals surface area contributed by atoms with Crippen LogP contribution in [0.2, 0.25) is 0 Å². The number of anilines is 1. The molecule has 1 heterocycles. The van der Waals surface area contributed by atoms with Gasteiger partial charge < -0.3 is 10.1 Å². The normalized spacial score (nSPS) is 10.2. The summed E-state index contributed by atoms with van der Waals surface area (Å²) in [6, 6.07) is 16.9. The average molecular weight is 363 g/mol. The van der Waals surface area contributed by atoms with Crippen LogP contribution in [0.4, 0.5) is 11.4 Å². The fraction of sp³-hybridized carbons (Fsp3) is 0.100. The van der Waals surface area contributed by atoms with Crippen molar-refractivity contribution in [3.63, 3.8) is 0 Å². The Morgan fingerprint density at radius 3 is 2.74 bits per heavy atom. The highest BCUT2D eigenvalue weighted by atomic mass is 16.6. The lowest BCUT2D eigenvalue weighted by Gasteiger charge is -2.09. The number of para-hydroxylation sites is 1. The van der Waals surface area contributed by atoms with Gasteiger partial charge in [0.15, 0.2) is 0 Å². The van der Waals surface area contributed by atoms with Crippen LogP contribution in [0.15, 0.2) is 73.1 Å². The number of nitrogens with zero attached hydrogens (tertiary/aromatic N) is 2. The van der Waals surface area contributed by atoms with Crippen LogP contribution in [0.3, 0.4) is 0 Å². The Morgan fingerprint density at radius 2 is 1.96 bits per heavy atom. The van der Waals surface area contributed by atoms with Crippen molar-refractivity contribution in [1.82, 2.24) is 4.98 Å². The van der Waals surface area contributed by atoms with Crippen molar-refractivity contribution < 1.29 is 14.5 Å². The number of amides is 1. The van der Waals surface area contributed by atoms with Gasteiger partial charge in [-0.3, -0.25) is 19.9 Å². The lowest BCUT2D eigenvalue weighted by atomic mass is 10.1. The summed E-state index contributed by atoms with van der Waals surface area (Å²) in [5.74, 6) is 0.260. The van der Waals surface area contributed by atoms with Gasteiger partial charge in [0.25, 0.3) is 5.69 Å². The molecule has 7 nitrogen and oxygen atoms in total. The molecule has 0 aliphatic carbocycles. The number of pyridine rings is 1. The van der Waals surface area contributed by atoms with E-state index in [1.807, 2.05) is 12.1 Å². The monoisotopic (exact) mass is 363 g/mol. The van der Waals surface area contributed by atoms with Crippen molar-refractivity contribution in [3.05, 3.63) is 94.3 Å². The van der Waals surface area contributed by atoms with Crippen LogP contribution in [0.25, 0.3) is 0 Å². The molecule has 27 heavy (non-hydrogen) atoms. The molecule has 0 spiro atoms. The molecular weight excluding hydrogens is 346 g/mol. The lowest BCUT2D eigenvalue weighted by molar-refractivity contribution is -0.385. The topological polar surface area (TPSA) is 94.4 Å². The number of hydrogen-bond donors (Lipinski definition) is 1. The van der Waals surface area contributed by atoms with E-state index in [9.17, 15) is 14.9 Å². The van der Waals surface area contributed by atoms with E-state index >= 15 is 0 Å². The second kappa shape index (κ2) is 8.57. The standard InChI is InChI=1S/C20H17N3O4/c24-20(11-16-6-1-2-9-19(16)23(25)26)22-17-7-3-8-18(12-17)27-14-15-5-4-10-21-13-15/h1-10,12-13H,11,14H2,(H,22,24).